The van der Waals surface area contributed by atoms with E-state index in [2.05, 4.69) is 10.3 Å². The van der Waals surface area contributed by atoms with E-state index in [0.717, 1.165) is 0 Å². The molecule has 3 rings (SSSR count). The predicted octanol–water partition coefficient (Wildman–Crippen LogP) is 3.20. The summed E-state index contributed by atoms with van der Waals surface area (Å²) in [5, 5.41) is 7.51. The summed E-state index contributed by atoms with van der Waals surface area (Å²) in [5.41, 5.74) is -2.86. The van der Waals surface area contributed by atoms with Crippen molar-refractivity contribution in [3.05, 3.63) is 41.1 Å². The lowest BCUT2D eigenvalue weighted by Crippen LogP contribution is -2.37. The first-order valence-electron chi connectivity index (χ1n) is 7.64. The highest BCUT2D eigenvalue weighted by Crippen LogP contribution is 2.36. The number of halogens is 6. The van der Waals surface area contributed by atoms with Crippen LogP contribution < -0.4 is 4.90 Å². The van der Waals surface area contributed by atoms with Gasteiger partial charge in [-0.2, -0.15) is 26.3 Å². The van der Waals surface area contributed by atoms with Gasteiger partial charge in [-0.25, -0.2) is 4.68 Å². The van der Waals surface area contributed by atoms with Crippen molar-refractivity contribution < 1.29 is 31.1 Å². The number of hydrogen-bond acceptors (Lipinski definition) is 4. The van der Waals surface area contributed by atoms with Gasteiger partial charge in [-0.05, 0) is 23.8 Å². The third-order valence-corrected chi connectivity index (χ3v) is 3.91. The Hall–Kier alpha value is -2.30. The monoisotopic (exact) mass is 380 g/mol. The topological polar surface area (TPSA) is 43.2 Å². The molecule has 0 saturated carbocycles. The molecule has 1 aliphatic heterocycles. The Morgan fingerprint density at radius 1 is 0.923 bits per heavy atom. The molecule has 1 aromatic heterocycles. The van der Waals surface area contributed by atoms with Crippen molar-refractivity contribution in [1.82, 2.24) is 15.0 Å². The predicted molar refractivity (Wildman–Crippen MR) is 78.6 cm³/mol. The van der Waals surface area contributed by atoms with Crippen molar-refractivity contribution in [3.63, 3.8) is 0 Å². The number of rotatable bonds is 3. The summed E-state index contributed by atoms with van der Waals surface area (Å²) in [7, 11) is 0. The lowest BCUT2D eigenvalue weighted by molar-refractivity contribution is -0.143. The molecule has 142 valence electrons. The van der Waals surface area contributed by atoms with Gasteiger partial charge < -0.3 is 9.64 Å². The van der Waals surface area contributed by atoms with Gasteiger partial charge in [0.15, 0.2) is 0 Å². The van der Waals surface area contributed by atoms with Crippen molar-refractivity contribution in [3.8, 4) is 0 Å². The van der Waals surface area contributed by atoms with E-state index in [4.69, 9.17) is 4.74 Å². The number of anilines is 1. The van der Waals surface area contributed by atoms with Crippen LogP contribution in [0.5, 0.6) is 0 Å². The molecule has 1 saturated heterocycles. The van der Waals surface area contributed by atoms with Gasteiger partial charge in [0.25, 0.3) is 0 Å². The molecule has 11 heteroatoms. The summed E-state index contributed by atoms with van der Waals surface area (Å²) >= 11 is 0. The molecule has 0 N–H and O–H groups in total. The second-order valence-corrected chi connectivity index (χ2v) is 5.76. The van der Waals surface area contributed by atoms with Crippen molar-refractivity contribution in [2.24, 2.45) is 0 Å². The molecule has 0 atom stereocenters. The fraction of sp³-hybridized carbons (Fsp3) is 0.467. The van der Waals surface area contributed by atoms with Gasteiger partial charge in [0.2, 0.25) is 0 Å². The molecular weight excluding hydrogens is 366 g/mol. The van der Waals surface area contributed by atoms with Gasteiger partial charge in [-0.3, -0.25) is 0 Å². The van der Waals surface area contributed by atoms with Crippen LogP contribution >= 0.6 is 0 Å². The quantitative estimate of drug-likeness (QED) is 0.768. The van der Waals surface area contributed by atoms with Crippen molar-refractivity contribution in [1.29, 1.82) is 0 Å². The first-order valence-corrected chi connectivity index (χ1v) is 7.64. The van der Waals surface area contributed by atoms with Crippen LogP contribution in [0.2, 0.25) is 0 Å². The van der Waals surface area contributed by atoms with E-state index < -0.39 is 23.5 Å². The second kappa shape index (κ2) is 6.78. The maximum Gasteiger partial charge on any atom is 0.416 e. The number of ether oxygens (including phenoxy) is 1. The highest BCUT2D eigenvalue weighted by atomic mass is 19.4. The van der Waals surface area contributed by atoms with Crippen LogP contribution in [-0.4, -0.2) is 41.3 Å². The Labute approximate surface area is 144 Å². The maximum absolute atomic E-state index is 13.0. The molecule has 26 heavy (non-hydrogen) atoms. The minimum atomic E-state index is -4.88. The molecule has 1 aliphatic rings. The Balaban J connectivity index is 1.94. The molecule has 0 unspecified atom stereocenters. The first kappa shape index (κ1) is 18.5. The van der Waals surface area contributed by atoms with E-state index in [1.165, 1.54) is 10.9 Å². The molecule has 5 nitrogen and oxygen atoms in total. The second-order valence-electron chi connectivity index (χ2n) is 5.76. The zero-order valence-corrected chi connectivity index (χ0v) is 13.3. The summed E-state index contributed by atoms with van der Waals surface area (Å²) in [4.78, 5) is 1.86. The maximum atomic E-state index is 13.0. The SMILES string of the molecule is FC(F)(F)c1cc(Cn2nncc2N2CCOCC2)cc(C(F)(F)F)c1. The Morgan fingerprint density at radius 2 is 1.50 bits per heavy atom. The summed E-state index contributed by atoms with van der Waals surface area (Å²) in [6, 6.07) is 1.49. The first-order chi connectivity index (χ1) is 12.1. The van der Waals surface area contributed by atoms with E-state index in [1.54, 1.807) is 0 Å². The van der Waals surface area contributed by atoms with Crippen LogP contribution in [-0.2, 0) is 23.6 Å². The average molecular weight is 380 g/mol. The fourth-order valence-electron chi connectivity index (χ4n) is 2.69. The summed E-state index contributed by atoms with van der Waals surface area (Å²) < 4.78 is 84.3. The molecule has 0 amide bonds. The largest absolute Gasteiger partial charge is 0.416 e. The molecule has 0 bridgehead atoms. The van der Waals surface area contributed by atoms with E-state index in [-0.39, 0.29) is 18.2 Å². The Morgan fingerprint density at radius 3 is 2.04 bits per heavy atom. The van der Waals surface area contributed by atoms with E-state index in [9.17, 15) is 26.3 Å². The highest BCUT2D eigenvalue weighted by molar-refractivity contribution is 5.39. The lowest BCUT2D eigenvalue weighted by Gasteiger charge is -2.28. The minimum Gasteiger partial charge on any atom is -0.378 e. The molecule has 0 radical (unpaired) electrons. The van der Waals surface area contributed by atoms with Crippen LogP contribution in [0.25, 0.3) is 0 Å². The lowest BCUT2D eigenvalue weighted by atomic mass is 10.0. The number of nitrogens with zero attached hydrogens (tertiary/aromatic N) is 4. The summed E-state index contributed by atoms with van der Waals surface area (Å²) in [6.45, 7) is 1.73. The van der Waals surface area contributed by atoms with Crippen molar-refractivity contribution >= 4 is 5.82 Å². The van der Waals surface area contributed by atoms with Crippen molar-refractivity contribution in [2.45, 2.75) is 18.9 Å². The molecule has 0 spiro atoms. The van der Waals surface area contributed by atoms with Crippen LogP contribution in [0.15, 0.2) is 24.4 Å². The van der Waals surface area contributed by atoms with E-state index >= 15 is 0 Å². The van der Waals surface area contributed by atoms with Crippen molar-refractivity contribution in [2.75, 3.05) is 31.2 Å². The Bertz CT molecular complexity index is 732. The molecule has 1 fully saturated rings. The number of alkyl halides is 6. The molecule has 2 heterocycles. The third-order valence-electron chi connectivity index (χ3n) is 3.91. The van der Waals surface area contributed by atoms with E-state index in [1.807, 2.05) is 4.90 Å². The van der Waals surface area contributed by atoms with Gasteiger partial charge in [-0.15, -0.1) is 5.10 Å². The van der Waals surface area contributed by atoms with Gasteiger partial charge in [0.1, 0.15) is 5.82 Å². The van der Waals surface area contributed by atoms with Crippen LogP contribution in [0.1, 0.15) is 16.7 Å². The van der Waals surface area contributed by atoms with Crippen LogP contribution in [0.3, 0.4) is 0 Å². The fourth-order valence-corrected chi connectivity index (χ4v) is 2.69. The number of morpholine rings is 1. The van der Waals surface area contributed by atoms with Gasteiger partial charge in [0, 0.05) is 13.1 Å². The summed E-state index contributed by atoms with van der Waals surface area (Å²) in [5.74, 6) is 0.513. The third kappa shape index (κ3) is 4.09. The Kier molecular flexibility index (Phi) is 4.82. The normalized spacial score (nSPS) is 16.2. The number of benzene rings is 1. The molecule has 1 aromatic carbocycles. The molecular formula is C15H14F6N4O. The van der Waals surface area contributed by atoms with Crippen LogP contribution in [0, 0.1) is 0 Å². The molecule has 0 aliphatic carbocycles. The number of hydrogen-bond donors (Lipinski definition) is 0. The standard InChI is InChI=1S/C15H14F6N4O/c16-14(17,18)11-5-10(6-12(7-11)15(19,20)21)9-25-13(8-22-23-25)24-1-3-26-4-2-24/h5-8H,1-4,9H2. The minimum absolute atomic E-state index is 0.105. The van der Waals surface area contributed by atoms with Gasteiger partial charge in [0.05, 0.1) is 37.1 Å². The average Bonchev–Trinajstić information content (AvgIpc) is 3.02. The molecule has 2 aromatic rings. The highest BCUT2D eigenvalue weighted by Gasteiger charge is 2.37. The summed E-state index contributed by atoms with van der Waals surface area (Å²) in [6.07, 6.45) is -8.35. The smallest absolute Gasteiger partial charge is 0.378 e. The van der Waals surface area contributed by atoms with Gasteiger partial charge >= 0.3 is 12.4 Å². The number of aromatic nitrogens is 3. The van der Waals surface area contributed by atoms with Crippen LogP contribution in [0.4, 0.5) is 32.2 Å². The zero-order chi connectivity index (χ0) is 18.9. The zero-order valence-electron chi connectivity index (χ0n) is 13.3. The van der Waals surface area contributed by atoms with E-state index in [0.29, 0.717) is 44.3 Å². The van der Waals surface area contributed by atoms with Gasteiger partial charge in [-0.1, -0.05) is 5.21 Å².